The van der Waals surface area contributed by atoms with Crippen LogP contribution in [0.2, 0.25) is 0 Å². The van der Waals surface area contributed by atoms with Crippen LogP contribution in [0.3, 0.4) is 0 Å². The Morgan fingerprint density at radius 1 is 1.20 bits per heavy atom. The van der Waals surface area contributed by atoms with Crippen LogP contribution < -0.4 is 5.32 Å². The van der Waals surface area contributed by atoms with Crippen LogP contribution in [-0.4, -0.2) is 89.6 Å². The molecule has 0 aromatic rings. The third-order valence-electron chi connectivity index (χ3n) is 8.36. The number of aliphatic hydroxyl groups is 1. The molecule has 5 unspecified atom stereocenters. The van der Waals surface area contributed by atoms with Crippen LogP contribution in [0.15, 0.2) is 9.98 Å². The van der Waals surface area contributed by atoms with E-state index < -0.39 is 0 Å². The molecule has 6 atom stereocenters. The lowest BCUT2D eigenvalue weighted by atomic mass is 9.80. The zero-order valence-corrected chi connectivity index (χ0v) is 19.4. The summed E-state index contributed by atoms with van der Waals surface area (Å²) < 4.78 is 0. The zero-order valence-electron chi connectivity index (χ0n) is 18.6. The van der Waals surface area contributed by atoms with E-state index in [1.807, 2.05) is 6.34 Å². The Morgan fingerprint density at radius 3 is 2.77 bits per heavy atom. The molecule has 2 saturated heterocycles. The number of nitrogens with zero attached hydrogens (tertiary/aromatic N) is 4. The van der Waals surface area contributed by atoms with Gasteiger partial charge in [0.15, 0.2) is 0 Å². The highest BCUT2D eigenvalue weighted by atomic mass is 32.2. The van der Waals surface area contributed by atoms with Crippen molar-refractivity contribution in [3.05, 3.63) is 0 Å². The lowest BCUT2D eigenvalue weighted by Gasteiger charge is -2.34. The van der Waals surface area contributed by atoms with Crippen molar-refractivity contribution in [1.82, 2.24) is 15.1 Å². The van der Waals surface area contributed by atoms with Gasteiger partial charge in [0.2, 0.25) is 0 Å². The number of aliphatic imine (C=N–C) groups is 2. The SMILES string of the molecule is CN(C)C1CCC(N=C2NC=NC3SC4CCC(CCN5CC[C@H](O)C5)C4C23)CC1. The molecule has 0 aromatic heterocycles. The first-order chi connectivity index (χ1) is 14.6. The average molecular weight is 434 g/mol. The topological polar surface area (TPSA) is 63.5 Å². The van der Waals surface area contributed by atoms with E-state index in [2.05, 4.69) is 41.0 Å². The van der Waals surface area contributed by atoms with Crippen LogP contribution in [0.5, 0.6) is 0 Å². The molecule has 2 saturated carbocycles. The van der Waals surface area contributed by atoms with Crippen molar-refractivity contribution in [2.24, 2.45) is 27.7 Å². The normalized spacial score (nSPS) is 45.1. The Hall–Kier alpha value is -0.630. The van der Waals surface area contributed by atoms with Crippen molar-refractivity contribution < 1.29 is 5.11 Å². The molecule has 0 aromatic carbocycles. The predicted octanol–water partition coefficient (Wildman–Crippen LogP) is 2.43. The van der Waals surface area contributed by atoms with Gasteiger partial charge in [-0.2, -0.15) is 0 Å². The lowest BCUT2D eigenvalue weighted by molar-refractivity contribution is 0.171. The van der Waals surface area contributed by atoms with E-state index in [0.29, 0.717) is 23.3 Å². The highest BCUT2D eigenvalue weighted by molar-refractivity contribution is 8.00. The van der Waals surface area contributed by atoms with Gasteiger partial charge in [0.05, 0.1) is 24.4 Å². The minimum atomic E-state index is -0.106. The Bertz CT molecular complexity index is 662. The third kappa shape index (κ3) is 4.32. The fraction of sp³-hybridized carbons (Fsp3) is 0.913. The van der Waals surface area contributed by atoms with E-state index in [0.717, 1.165) is 43.3 Å². The zero-order chi connectivity index (χ0) is 20.7. The van der Waals surface area contributed by atoms with Gasteiger partial charge in [-0.25, -0.2) is 0 Å². The van der Waals surface area contributed by atoms with E-state index in [4.69, 9.17) is 9.98 Å². The van der Waals surface area contributed by atoms with Gasteiger partial charge in [0, 0.05) is 24.4 Å². The number of β-amino-alcohol motifs (C(OH)–C–C–N with tert-alkyl or cyclic N) is 1. The second-order valence-corrected chi connectivity index (χ2v) is 11.8. The molecule has 6 nitrogen and oxygen atoms in total. The summed E-state index contributed by atoms with van der Waals surface area (Å²) in [6, 6.07) is 1.20. The van der Waals surface area contributed by atoms with Gasteiger partial charge in [0.1, 0.15) is 11.2 Å². The van der Waals surface area contributed by atoms with Crippen molar-refractivity contribution in [1.29, 1.82) is 0 Å². The Labute approximate surface area is 186 Å². The number of hydrogen-bond acceptors (Lipinski definition) is 6. The molecular weight excluding hydrogens is 394 g/mol. The maximum Gasteiger partial charge on any atom is 0.108 e. The smallest absolute Gasteiger partial charge is 0.108 e. The molecule has 30 heavy (non-hydrogen) atoms. The molecule has 5 rings (SSSR count). The van der Waals surface area contributed by atoms with Gasteiger partial charge in [-0.15, -0.1) is 11.8 Å². The fourth-order valence-electron chi connectivity index (χ4n) is 6.65. The van der Waals surface area contributed by atoms with Crippen LogP contribution in [0.1, 0.15) is 51.4 Å². The molecule has 3 heterocycles. The first kappa shape index (κ1) is 21.2. The van der Waals surface area contributed by atoms with E-state index in [-0.39, 0.29) is 6.10 Å². The highest BCUT2D eigenvalue weighted by Crippen LogP contribution is 2.56. The van der Waals surface area contributed by atoms with E-state index in [9.17, 15) is 5.11 Å². The maximum absolute atomic E-state index is 9.85. The molecule has 3 aliphatic heterocycles. The van der Waals surface area contributed by atoms with Gasteiger partial charge in [-0.3, -0.25) is 9.98 Å². The Kier molecular flexibility index (Phi) is 6.43. The molecule has 168 valence electrons. The maximum atomic E-state index is 9.85. The number of aliphatic hydroxyl groups excluding tert-OH is 1. The van der Waals surface area contributed by atoms with Crippen LogP contribution in [0, 0.1) is 17.8 Å². The molecule has 0 bridgehead atoms. The summed E-state index contributed by atoms with van der Waals surface area (Å²) in [5.74, 6) is 3.22. The molecule has 0 amide bonds. The lowest BCUT2D eigenvalue weighted by Crippen LogP contribution is -2.44. The standard InChI is InChI=1S/C23H39N5OS/c1-27(2)17-6-4-16(5-7-17)26-22-21-20-15(9-11-28-12-10-18(29)13-28)3-8-19(20)30-23(21)25-14-24-22/h14-21,23,29H,3-13H2,1-2H3,(H,24,25,26)/t15?,16?,17?,18-,19?,20?,21?,23?/m0/s1. The number of rotatable bonds is 5. The first-order valence-electron chi connectivity index (χ1n) is 12.2. The highest BCUT2D eigenvalue weighted by Gasteiger charge is 2.53. The summed E-state index contributed by atoms with van der Waals surface area (Å²) in [7, 11) is 4.42. The second kappa shape index (κ2) is 9.08. The monoisotopic (exact) mass is 433 g/mol. The molecular formula is C23H39N5OS. The molecule has 4 fully saturated rings. The largest absolute Gasteiger partial charge is 0.392 e. The number of likely N-dealkylation sites (tertiary alicyclic amines) is 1. The van der Waals surface area contributed by atoms with Crippen molar-refractivity contribution in [2.45, 2.75) is 80.2 Å². The predicted molar refractivity (Wildman–Crippen MR) is 125 cm³/mol. The molecule has 5 aliphatic rings. The van der Waals surface area contributed by atoms with Gasteiger partial charge in [-0.05, 0) is 83.8 Å². The average Bonchev–Trinajstić information content (AvgIpc) is 3.42. The summed E-state index contributed by atoms with van der Waals surface area (Å²) in [6.45, 7) is 3.08. The summed E-state index contributed by atoms with van der Waals surface area (Å²) in [5.41, 5.74) is 0. The van der Waals surface area contributed by atoms with E-state index >= 15 is 0 Å². The molecule has 7 heteroatoms. The molecule has 0 radical (unpaired) electrons. The van der Waals surface area contributed by atoms with Gasteiger partial charge in [0.25, 0.3) is 0 Å². The van der Waals surface area contributed by atoms with Gasteiger partial charge < -0.3 is 20.2 Å². The van der Waals surface area contributed by atoms with Gasteiger partial charge in [-0.1, -0.05) is 0 Å². The number of amidine groups is 1. The van der Waals surface area contributed by atoms with Gasteiger partial charge >= 0.3 is 0 Å². The molecule has 2 N–H and O–H groups in total. The molecule has 0 spiro atoms. The fourth-order valence-corrected chi connectivity index (χ4v) is 8.46. The summed E-state index contributed by atoms with van der Waals surface area (Å²) in [6.07, 6.45) is 11.7. The Balaban J connectivity index is 1.25. The van der Waals surface area contributed by atoms with Crippen LogP contribution >= 0.6 is 11.8 Å². The summed E-state index contributed by atoms with van der Waals surface area (Å²) >= 11 is 2.12. The minimum absolute atomic E-state index is 0.106. The van der Waals surface area contributed by atoms with Crippen LogP contribution in [0.4, 0.5) is 0 Å². The number of fused-ring (bicyclic) bond motifs is 3. The third-order valence-corrected chi connectivity index (χ3v) is 9.96. The summed E-state index contributed by atoms with van der Waals surface area (Å²) in [5, 5.41) is 14.5. The van der Waals surface area contributed by atoms with Crippen LogP contribution in [-0.2, 0) is 0 Å². The minimum Gasteiger partial charge on any atom is -0.392 e. The van der Waals surface area contributed by atoms with Crippen molar-refractivity contribution in [2.75, 3.05) is 33.7 Å². The quantitative estimate of drug-likeness (QED) is 0.697. The Morgan fingerprint density at radius 2 is 2.03 bits per heavy atom. The number of thioether (sulfide) groups is 1. The summed E-state index contributed by atoms with van der Waals surface area (Å²) in [4.78, 5) is 15.0. The molecule has 2 aliphatic carbocycles. The second-order valence-electron chi connectivity index (χ2n) is 10.4. The number of hydrogen-bond donors (Lipinski definition) is 2. The van der Waals surface area contributed by atoms with Crippen molar-refractivity contribution in [3.63, 3.8) is 0 Å². The number of nitrogens with one attached hydrogen (secondary N) is 1. The van der Waals surface area contributed by atoms with E-state index in [1.165, 1.54) is 50.8 Å². The van der Waals surface area contributed by atoms with E-state index in [1.54, 1.807) is 0 Å². The van der Waals surface area contributed by atoms with Crippen molar-refractivity contribution >= 4 is 23.9 Å². The van der Waals surface area contributed by atoms with Crippen LogP contribution in [0.25, 0.3) is 0 Å². The first-order valence-corrected chi connectivity index (χ1v) is 13.1. The van der Waals surface area contributed by atoms with Crippen molar-refractivity contribution in [3.8, 4) is 0 Å².